The van der Waals surface area contributed by atoms with Gasteiger partial charge in [0.2, 0.25) is 0 Å². The first-order valence-corrected chi connectivity index (χ1v) is 6.43. The number of fused-ring (bicyclic) bond motifs is 3. The first-order chi connectivity index (χ1) is 8.25. The summed E-state index contributed by atoms with van der Waals surface area (Å²) >= 11 is 3.43. The first kappa shape index (κ1) is 12.0. The Morgan fingerprint density at radius 3 is 2.71 bits per heavy atom. The maximum absolute atomic E-state index is 4.39. The van der Waals surface area contributed by atoms with Crippen LogP contribution in [0.4, 0.5) is 0 Å². The van der Waals surface area contributed by atoms with E-state index in [2.05, 4.69) is 30.3 Å². The quantitative estimate of drug-likeness (QED) is 0.627. The first-order valence-electron chi connectivity index (χ1n) is 5.63. The lowest BCUT2D eigenvalue weighted by Gasteiger charge is -2.01. The molecule has 0 aromatic carbocycles. The van der Waals surface area contributed by atoms with E-state index in [-0.39, 0.29) is 0 Å². The minimum absolute atomic E-state index is 0.957. The smallest absolute Gasteiger partial charge is 0.146 e. The molecule has 3 heterocycles. The van der Waals surface area contributed by atoms with Crippen molar-refractivity contribution in [3.63, 3.8) is 0 Å². The molecule has 0 aliphatic rings. The van der Waals surface area contributed by atoms with Gasteiger partial charge in [0, 0.05) is 34.1 Å². The summed E-state index contributed by atoms with van der Waals surface area (Å²) in [6.07, 6.45) is 5.67. The van der Waals surface area contributed by atoms with Gasteiger partial charge in [-0.2, -0.15) is 0 Å². The molecule has 3 rings (SSSR count). The molecule has 0 unspecified atom stereocenters. The summed E-state index contributed by atoms with van der Waals surface area (Å²) in [4.78, 5) is 8.73. The summed E-state index contributed by atoms with van der Waals surface area (Å²) in [5.74, 6) is 0. The average Bonchev–Trinajstić information content (AvgIpc) is 2.74. The van der Waals surface area contributed by atoms with Gasteiger partial charge >= 0.3 is 0 Å². The van der Waals surface area contributed by atoms with E-state index in [1.807, 2.05) is 45.3 Å². The molecule has 88 valence electrons. The molecule has 0 spiro atoms. The van der Waals surface area contributed by atoms with E-state index in [0.717, 1.165) is 26.7 Å². The van der Waals surface area contributed by atoms with Gasteiger partial charge in [-0.25, -0.2) is 4.98 Å². The minimum Gasteiger partial charge on any atom is -0.304 e. The Morgan fingerprint density at radius 1 is 1.18 bits per heavy atom. The van der Waals surface area contributed by atoms with Crippen molar-refractivity contribution in [2.75, 3.05) is 0 Å². The highest BCUT2D eigenvalue weighted by Gasteiger charge is 2.05. The van der Waals surface area contributed by atoms with Crippen molar-refractivity contribution in [2.24, 2.45) is 0 Å². The third-order valence-corrected chi connectivity index (χ3v) is 2.92. The van der Waals surface area contributed by atoms with Crippen molar-refractivity contribution in [2.45, 2.75) is 20.8 Å². The molecule has 3 aromatic rings. The standard InChI is InChI=1S/C11H8BrN3.C2H6/c1-7-5-14-11-9-4-8(12)6-13-10(9)2-3-15(7)11;1-2/h2-6H,1H3;1-2H3. The fourth-order valence-electron chi connectivity index (χ4n) is 1.74. The Hall–Kier alpha value is -1.42. The van der Waals surface area contributed by atoms with Crippen LogP contribution >= 0.6 is 15.9 Å². The second kappa shape index (κ2) is 4.84. The van der Waals surface area contributed by atoms with Gasteiger partial charge in [0.05, 0.1) is 5.52 Å². The van der Waals surface area contributed by atoms with E-state index >= 15 is 0 Å². The summed E-state index contributed by atoms with van der Waals surface area (Å²) in [5, 5.41) is 1.07. The molecule has 3 nitrogen and oxygen atoms in total. The SMILES string of the molecule is CC.Cc1cnc2c3cc(Br)cnc3ccn12. The highest BCUT2D eigenvalue weighted by atomic mass is 79.9. The largest absolute Gasteiger partial charge is 0.304 e. The molecule has 0 fully saturated rings. The number of pyridine rings is 2. The predicted octanol–water partition coefficient (Wildman–Crippen LogP) is 3.98. The van der Waals surface area contributed by atoms with Gasteiger partial charge in [0.25, 0.3) is 0 Å². The molecule has 0 radical (unpaired) electrons. The highest BCUT2D eigenvalue weighted by molar-refractivity contribution is 9.10. The molecular formula is C13H14BrN3. The van der Waals surface area contributed by atoms with Crippen molar-refractivity contribution in [1.82, 2.24) is 14.4 Å². The zero-order valence-corrected chi connectivity index (χ0v) is 11.7. The highest BCUT2D eigenvalue weighted by Crippen LogP contribution is 2.21. The number of nitrogens with zero attached hydrogens (tertiary/aromatic N) is 3. The van der Waals surface area contributed by atoms with Crippen LogP contribution < -0.4 is 0 Å². The van der Waals surface area contributed by atoms with Crippen molar-refractivity contribution in [3.05, 3.63) is 40.9 Å². The van der Waals surface area contributed by atoms with Gasteiger partial charge in [-0.1, -0.05) is 13.8 Å². The molecule has 0 bridgehead atoms. The van der Waals surface area contributed by atoms with Crippen LogP contribution in [0.15, 0.2) is 35.2 Å². The van der Waals surface area contributed by atoms with E-state index in [1.165, 1.54) is 0 Å². The number of halogens is 1. The van der Waals surface area contributed by atoms with Crippen LogP contribution in [0.2, 0.25) is 0 Å². The Labute approximate surface area is 109 Å². The van der Waals surface area contributed by atoms with Gasteiger partial charge in [-0.3, -0.25) is 4.98 Å². The number of hydrogen-bond acceptors (Lipinski definition) is 2. The predicted molar refractivity (Wildman–Crippen MR) is 74.3 cm³/mol. The van der Waals surface area contributed by atoms with Crippen LogP contribution in [0.25, 0.3) is 16.6 Å². The molecule has 0 saturated carbocycles. The molecule has 0 amide bonds. The Balaban J connectivity index is 0.000000514. The van der Waals surface area contributed by atoms with Crippen molar-refractivity contribution >= 4 is 32.5 Å². The van der Waals surface area contributed by atoms with Crippen LogP contribution in [-0.2, 0) is 0 Å². The molecule has 0 atom stereocenters. The maximum atomic E-state index is 4.39. The van der Waals surface area contributed by atoms with Crippen LogP contribution in [0.5, 0.6) is 0 Å². The third kappa shape index (κ3) is 2.05. The molecule has 0 aliphatic heterocycles. The fourth-order valence-corrected chi connectivity index (χ4v) is 2.07. The lowest BCUT2D eigenvalue weighted by Crippen LogP contribution is -1.89. The molecule has 4 heteroatoms. The van der Waals surface area contributed by atoms with Crippen molar-refractivity contribution < 1.29 is 0 Å². The van der Waals surface area contributed by atoms with E-state index in [0.29, 0.717) is 0 Å². The zero-order valence-electron chi connectivity index (χ0n) is 10.1. The number of imidazole rings is 1. The van der Waals surface area contributed by atoms with Gasteiger partial charge in [-0.05, 0) is 35.0 Å². The van der Waals surface area contributed by atoms with E-state index < -0.39 is 0 Å². The summed E-state index contributed by atoms with van der Waals surface area (Å²) in [7, 11) is 0. The average molecular weight is 292 g/mol. The van der Waals surface area contributed by atoms with Crippen molar-refractivity contribution in [1.29, 1.82) is 0 Å². The van der Waals surface area contributed by atoms with Crippen LogP contribution in [0.3, 0.4) is 0 Å². The topological polar surface area (TPSA) is 30.2 Å². The third-order valence-electron chi connectivity index (χ3n) is 2.49. The fraction of sp³-hybridized carbons (Fsp3) is 0.231. The Bertz CT molecular complexity index is 658. The van der Waals surface area contributed by atoms with E-state index in [9.17, 15) is 0 Å². The molecular weight excluding hydrogens is 278 g/mol. The van der Waals surface area contributed by atoms with Crippen molar-refractivity contribution in [3.8, 4) is 0 Å². The summed E-state index contributed by atoms with van der Waals surface area (Å²) < 4.78 is 3.04. The van der Waals surface area contributed by atoms with Crippen LogP contribution in [-0.4, -0.2) is 14.4 Å². The van der Waals surface area contributed by atoms with Crippen LogP contribution in [0, 0.1) is 6.92 Å². The molecule has 0 saturated heterocycles. The number of aryl methyl sites for hydroxylation is 1. The van der Waals surface area contributed by atoms with E-state index in [1.54, 1.807) is 6.20 Å². The second-order valence-electron chi connectivity index (χ2n) is 3.50. The lowest BCUT2D eigenvalue weighted by molar-refractivity contribution is 1.12. The van der Waals surface area contributed by atoms with Gasteiger partial charge < -0.3 is 4.40 Å². The summed E-state index contributed by atoms with van der Waals surface area (Å²) in [6, 6.07) is 4.05. The van der Waals surface area contributed by atoms with Gasteiger partial charge in [0.15, 0.2) is 0 Å². The molecule has 17 heavy (non-hydrogen) atoms. The summed E-state index contributed by atoms with van der Waals surface area (Å²) in [5.41, 5.74) is 3.06. The molecule has 0 aliphatic carbocycles. The monoisotopic (exact) mass is 291 g/mol. The molecule has 0 N–H and O–H groups in total. The zero-order chi connectivity index (χ0) is 12.4. The van der Waals surface area contributed by atoms with Gasteiger partial charge in [0.1, 0.15) is 5.65 Å². The lowest BCUT2D eigenvalue weighted by atomic mass is 10.2. The number of aromatic nitrogens is 3. The number of rotatable bonds is 0. The number of hydrogen-bond donors (Lipinski definition) is 0. The molecule has 3 aromatic heterocycles. The Morgan fingerprint density at radius 2 is 1.94 bits per heavy atom. The maximum Gasteiger partial charge on any atom is 0.146 e. The normalized spacial score (nSPS) is 10.4. The van der Waals surface area contributed by atoms with Crippen LogP contribution in [0.1, 0.15) is 19.5 Å². The Kier molecular flexibility index (Phi) is 3.43. The minimum atomic E-state index is 0.957. The van der Waals surface area contributed by atoms with Gasteiger partial charge in [-0.15, -0.1) is 0 Å². The van der Waals surface area contributed by atoms with E-state index in [4.69, 9.17) is 0 Å². The second-order valence-corrected chi connectivity index (χ2v) is 4.41. The summed E-state index contributed by atoms with van der Waals surface area (Å²) in [6.45, 7) is 6.04.